The van der Waals surface area contributed by atoms with Gasteiger partial charge in [0.2, 0.25) is 5.91 Å². The van der Waals surface area contributed by atoms with Gasteiger partial charge in [-0.25, -0.2) is 12.7 Å². The Morgan fingerprint density at radius 2 is 1.96 bits per heavy atom. The number of benzene rings is 2. The molecule has 3 rings (SSSR count). The maximum Gasteiger partial charge on any atom is 0.296 e. The summed E-state index contributed by atoms with van der Waals surface area (Å²) in [4.78, 5) is 34.8. The molecule has 0 fully saturated rings. The van der Waals surface area contributed by atoms with Crippen molar-refractivity contribution in [3.8, 4) is 5.75 Å². The van der Waals surface area contributed by atoms with Gasteiger partial charge in [0.05, 0.1) is 23.7 Å². The summed E-state index contributed by atoms with van der Waals surface area (Å²) in [5, 5.41) is 13.4. The van der Waals surface area contributed by atoms with E-state index in [1.165, 1.54) is 43.5 Å². The zero-order valence-corrected chi connectivity index (χ0v) is 14.7. The number of methoxy groups -OCH3 is 1. The number of nitrogens with zero attached hydrogens (tertiary/aromatic N) is 2. The summed E-state index contributed by atoms with van der Waals surface area (Å²) in [5.74, 6) is -1.51. The molecule has 0 aromatic heterocycles. The molecule has 0 spiro atoms. The first-order valence-electron chi connectivity index (χ1n) is 7.54. The predicted octanol–water partition coefficient (Wildman–Crippen LogP) is 1.39. The van der Waals surface area contributed by atoms with E-state index in [1.807, 2.05) is 0 Å². The normalized spacial score (nSPS) is 14.6. The van der Waals surface area contributed by atoms with Crippen molar-refractivity contribution in [3.05, 3.63) is 58.1 Å². The molecule has 0 saturated heterocycles. The average Bonchev–Trinajstić information content (AvgIpc) is 2.83. The summed E-state index contributed by atoms with van der Waals surface area (Å²) in [6.45, 7) is -0.807. The molecule has 1 heterocycles. The molecule has 10 nitrogen and oxygen atoms in total. The monoisotopic (exact) mass is 391 g/mol. The molecule has 1 aliphatic rings. The third kappa shape index (κ3) is 3.19. The fourth-order valence-electron chi connectivity index (χ4n) is 2.60. The lowest BCUT2D eigenvalue weighted by Crippen LogP contribution is -2.37. The van der Waals surface area contributed by atoms with Crippen LogP contribution in [0.2, 0.25) is 0 Å². The van der Waals surface area contributed by atoms with E-state index in [4.69, 9.17) is 4.74 Å². The van der Waals surface area contributed by atoms with Crippen molar-refractivity contribution >= 4 is 33.2 Å². The first kappa shape index (κ1) is 18.3. The predicted molar refractivity (Wildman–Crippen MR) is 92.9 cm³/mol. The summed E-state index contributed by atoms with van der Waals surface area (Å²) in [5.41, 5.74) is -0.602. The number of carbonyl (C=O) groups is 2. The topological polar surface area (TPSA) is 136 Å². The first-order valence-corrected chi connectivity index (χ1v) is 8.98. The number of nitro benzene ring substituents is 1. The Labute approximate surface area is 153 Å². The van der Waals surface area contributed by atoms with Crippen LogP contribution in [0.25, 0.3) is 0 Å². The van der Waals surface area contributed by atoms with Gasteiger partial charge in [0, 0.05) is 0 Å². The van der Waals surface area contributed by atoms with Crippen LogP contribution in [-0.2, 0) is 14.8 Å². The summed E-state index contributed by atoms with van der Waals surface area (Å²) >= 11 is 0. The Bertz CT molecular complexity index is 1070. The van der Waals surface area contributed by atoms with E-state index in [0.29, 0.717) is 4.31 Å². The van der Waals surface area contributed by atoms with Gasteiger partial charge in [-0.15, -0.1) is 0 Å². The second-order valence-corrected chi connectivity index (χ2v) is 7.33. The minimum Gasteiger partial charge on any atom is -0.496 e. The highest BCUT2D eigenvalue weighted by molar-refractivity contribution is 7.90. The number of nitro groups is 1. The number of rotatable bonds is 5. The van der Waals surface area contributed by atoms with E-state index in [-0.39, 0.29) is 21.9 Å². The van der Waals surface area contributed by atoms with E-state index in [9.17, 15) is 28.1 Å². The average molecular weight is 391 g/mol. The third-order valence-corrected chi connectivity index (χ3v) is 5.66. The highest BCUT2D eigenvalue weighted by Crippen LogP contribution is 2.31. The molecule has 0 bridgehead atoms. The fourth-order valence-corrected chi connectivity index (χ4v) is 4.13. The SMILES string of the molecule is COc1ccc(NC(=O)CN2C(=O)c3ccccc3S2(=O)=O)c([N+](=O)[O-])c1. The number of anilines is 1. The van der Waals surface area contributed by atoms with Crippen LogP contribution in [0.1, 0.15) is 10.4 Å². The fraction of sp³-hybridized carbons (Fsp3) is 0.125. The van der Waals surface area contributed by atoms with Crippen LogP contribution in [-0.4, -0.2) is 43.1 Å². The second-order valence-electron chi connectivity index (χ2n) is 5.50. The van der Waals surface area contributed by atoms with Gasteiger partial charge in [0.15, 0.2) is 0 Å². The smallest absolute Gasteiger partial charge is 0.296 e. The zero-order valence-electron chi connectivity index (χ0n) is 13.9. The molecule has 2 amide bonds. The lowest BCUT2D eigenvalue weighted by Gasteiger charge is -2.15. The molecule has 0 saturated carbocycles. The van der Waals surface area contributed by atoms with Crippen LogP contribution in [0.3, 0.4) is 0 Å². The van der Waals surface area contributed by atoms with Crippen LogP contribution >= 0.6 is 0 Å². The summed E-state index contributed by atoms with van der Waals surface area (Å²) in [6, 6.07) is 9.37. The molecular formula is C16H13N3O7S. The molecule has 27 heavy (non-hydrogen) atoms. The summed E-state index contributed by atoms with van der Waals surface area (Å²) < 4.78 is 30.2. The van der Waals surface area contributed by atoms with Gasteiger partial charge in [-0.05, 0) is 24.3 Å². The Morgan fingerprint density at radius 1 is 1.26 bits per heavy atom. The molecule has 1 N–H and O–H groups in total. The molecule has 0 unspecified atom stereocenters. The quantitative estimate of drug-likeness (QED) is 0.601. The van der Waals surface area contributed by atoms with Crippen molar-refractivity contribution in [3.63, 3.8) is 0 Å². The molecular weight excluding hydrogens is 378 g/mol. The third-order valence-electron chi connectivity index (χ3n) is 3.87. The number of hydrogen-bond donors (Lipinski definition) is 1. The van der Waals surface area contributed by atoms with E-state index >= 15 is 0 Å². The minimum absolute atomic E-state index is 0.0271. The number of hydrogen-bond acceptors (Lipinski definition) is 7. The number of carbonyl (C=O) groups excluding carboxylic acids is 2. The van der Waals surface area contributed by atoms with Gasteiger partial charge >= 0.3 is 0 Å². The number of ether oxygens (including phenoxy) is 1. The minimum atomic E-state index is -4.15. The summed E-state index contributed by atoms with van der Waals surface area (Å²) in [6.07, 6.45) is 0. The highest BCUT2D eigenvalue weighted by Gasteiger charge is 2.41. The van der Waals surface area contributed by atoms with Crippen molar-refractivity contribution in [2.45, 2.75) is 4.90 Å². The van der Waals surface area contributed by atoms with Crippen LogP contribution in [0.4, 0.5) is 11.4 Å². The van der Waals surface area contributed by atoms with Crippen LogP contribution < -0.4 is 10.1 Å². The van der Waals surface area contributed by atoms with Crippen LogP contribution in [0.5, 0.6) is 5.75 Å². The van der Waals surface area contributed by atoms with Gasteiger partial charge < -0.3 is 10.1 Å². The van der Waals surface area contributed by atoms with Crippen molar-refractivity contribution < 1.29 is 27.7 Å². The van der Waals surface area contributed by atoms with Gasteiger partial charge in [0.25, 0.3) is 21.6 Å². The molecule has 2 aromatic carbocycles. The van der Waals surface area contributed by atoms with Gasteiger partial charge in [-0.3, -0.25) is 19.7 Å². The number of fused-ring (bicyclic) bond motifs is 1. The highest BCUT2D eigenvalue weighted by atomic mass is 32.2. The Kier molecular flexibility index (Phi) is 4.54. The largest absolute Gasteiger partial charge is 0.496 e. The second kappa shape index (κ2) is 6.68. The number of sulfonamides is 1. The van der Waals surface area contributed by atoms with E-state index in [2.05, 4.69) is 5.32 Å². The van der Waals surface area contributed by atoms with Crippen molar-refractivity contribution in [2.75, 3.05) is 19.0 Å². The Hall–Kier alpha value is -3.47. The standard InChI is InChI=1S/C16H13N3O7S/c1-26-10-6-7-12(13(8-10)19(22)23)17-15(20)9-18-16(21)11-4-2-3-5-14(11)27(18,24)25/h2-8H,9H2,1H3,(H,17,20). The van der Waals surface area contributed by atoms with E-state index in [1.54, 1.807) is 0 Å². The lowest BCUT2D eigenvalue weighted by molar-refractivity contribution is -0.384. The number of nitrogens with one attached hydrogen (secondary N) is 1. The molecule has 0 atom stereocenters. The maximum atomic E-state index is 12.4. The van der Waals surface area contributed by atoms with Crippen LogP contribution in [0.15, 0.2) is 47.4 Å². The first-order chi connectivity index (χ1) is 12.8. The lowest BCUT2D eigenvalue weighted by atomic mass is 10.2. The van der Waals surface area contributed by atoms with Gasteiger partial charge in [-0.1, -0.05) is 12.1 Å². The summed E-state index contributed by atoms with van der Waals surface area (Å²) in [7, 11) is -2.82. The molecule has 0 aliphatic carbocycles. The molecule has 140 valence electrons. The Balaban J connectivity index is 1.84. The maximum absolute atomic E-state index is 12.4. The number of amides is 2. The van der Waals surface area contributed by atoms with Gasteiger partial charge in [-0.2, -0.15) is 0 Å². The molecule has 2 aromatic rings. The van der Waals surface area contributed by atoms with Crippen molar-refractivity contribution in [1.82, 2.24) is 4.31 Å². The van der Waals surface area contributed by atoms with E-state index in [0.717, 1.165) is 6.07 Å². The van der Waals surface area contributed by atoms with E-state index < -0.39 is 39.0 Å². The van der Waals surface area contributed by atoms with Crippen LogP contribution in [0, 0.1) is 10.1 Å². The van der Waals surface area contributed by atoms with Crippen molar-refractivity contribution in [2.24, 2.45) is 0 Å². The van der Waals surface area contributed by atoms with Crippen molar-refractivity contribution in [1.29, 1.82) is 0 Å². The zero-order chi connectivity index (χ0) is 19.8. The van der Waals surface area contributed by atoms with Gasteiger partial charge in [0.1, 0.15) is 22.9 Å². The Morgan fingerprint density at radius 3 is 2.59 bits per heavy atom. The molecule has 11 heteroatoms. The molecule has 0 radical (unpaired) electrons. The molecule has 1 aliphatic heterocycles.